The van der Waals surface area contributed by atoms with Crippen LogP contribution in [0.15, 0.2) is 18.2 Å². The predicted octanol–water partition coefficient (Wildman–Crippen LogP) is 2.95. The second-order valence-corrected chi connectivity index (χ2v) is 5.46. The third-order valence-electron chi connectivity index (χ3n) is 3.48. The molecule has 116 valence electrons. The van der Waals surface area contributed by atoms with Crippen molar-refractivity contribution in [2.24, 2.45) is 5.92 Å². The number of nitrogens with one attached hydrogen (secondary N) is 1. The lowest BCUT2D eigenvalue weighted by Crippen LogP contribution is -2.40. The van der Waals surface area contributed by atoms with Crippen LogP contribution < -0.4 is 10.2 Å². The number of urea groups is 1. The Bertz CT molecular complexity index is 494. The maximum absolute atomic E-state index is 12.1. The summed E-state index contributed by atoms with van der Waals surface area (Å²) in [6.45, 7) is 6.27. The van der Waals surface area contributed by atoms with Crippen molar-refractivity contribution in [1.82, 2.24) is 5.32 Å². The molecule has 0 aromatic heterocycles. The molecule has 0 heterocycles. The molecule has 5 nitrogen and oxygen atoms in total. The molecule has 0 saturated carbocycles. The molecule has 0 radical (unpaired) electrons. The molecule has 2 N–H and O–H groups in total. The van der Waals surface area contributed by atoms with E-state index in [-0.39, 0.29) is 18.4 Å². The van der Waals surface area contributed by atoms with E-state index in [2.05, 4.69) is 11.4 Å². The van der Waals surface area contributed by atoms with Gasteiger partial charge < -0.3 is 10.4 Å². The zero-order valence-electron chi connectivity index (χ0n) is 13.1. The predicted molar refractivity (Wildman–Crippen MR) is 83.8 cm³/mol. The molecule has 21 heavy (non-hydrogen) atoms. The number of carbonyl (C=O) groups excluding carboxylic acids is 1. The molecule has 0 spiro atoms. The third-order valence-corrected chi connectivity index (χ3v) is 3.48. The highest BCUT2D eigenvalue weighted by Gasteiger charge is 2.15. The number of amides is 2. The second-order valence-electron chi connectivity index (χ2n) is 5.46. The summed E-state index contributed by atoms with van der Waals surface area (Å²) in [5.41, 5.74) is 3.03. The fourth-order valence-electron chi connectivity index (χ4n) is 2.22. The van der Waals surface area contributed by atoms with Gasteiger partial charge in [0.1, 0.15) is 0 Å². The number of aryl methyl sites for hydroxylation is 2. The lowest BCUT2D eigenvalue weighted by Gasteiger charge is -2.21. The van der Waals surface area contributed by atoms with Crippen molar-refractivity contribution in [1.29, 1.82) is 0 Å². The molecule has 0 aliphatic heterocycles. The van der Waals surface area contributed by atoms with Crippen LogP contribution >= 0.6 is 0 Å². The van der Waals surface area contributed by atoms with Crippen molar-refractivity contribution in [3.63, 3.8) is 0 Å². The van der Waals surface area contributed by atoms with E-state index in [9.17, 15) is 9.59 Å². The standard InChI is InChI=1S/C16H24N2O3/c1-5-13(9-15(19)20)10-17-16(21)18(4)14-7-11(2)6-12(3)8-14/h6-8,13H,5,9-10H2,1-4H3,(H,17,21)(H,19,20). The van der Waals surface area contributed by atoms with Crippen LogP contribution in [0.3, 0.4) is 0 Å². The number of benzene rings is 1. The van der Waals surface area contributed by atoms with Gasteiger partial charge in [-0.1, -0.05) is 19.4 Å². The molecule has 0 fully saturated rings. The Hall–Kier alpha value is -2.04. The topological polar surface area (TPSA) is 69.6 Å². The number of hydrogen-bond acceptors (Lipinski definition) is 2. The van der Waals surface area contributed by atoms with Crippen molar-refractivity contribution in [2.45, 2.75) is 33.6 Å². The van der Waals surface area contributed by atoms with E-state index in [0.29, 0.717) is 6.54 Å². The van der Waals surface area contributed by atoms with Crippen LogP contribution in [0, 0.1) is 19.8 Å². The summed E-state index contributed by atoms with van der Waals surface area (Å²) in [4.78, 5) is 24.4. The molecule has 0 aliphatic carbocycles. The zero-order chi connectivity index (χ0) is 16.0. The average molecular weight is 292 g/mol. The Balaban J connectivity index is 2.64. The minimum atomic E-state index is -0.834. The molecular weight excluding hydrogens is 268 g/mol. The van der Waals surface area contributed by atoms with E-state index in [1.165, 1.54) is 0 Å². The van der Waals surface area contributed by atoms with Crippen molar-refractivity contribution in [3.8, 4) is 0 Å². The molecule has 0 saturated heterocycles. The summed E-state index contributed by atoms with van der Waals surface area (Å²) in [6.07, 6.45) is 0.796. The van der Waals surface area contributed by atoms with E-state index >= 15 is 0 Å². The Morgan fingerprint density at radius 2 is 1.81 bits per heavy atom. The second kappa shape index (κ2) is 7.67. The first-order valence-corrected chi connectivity index (χ1v) is 7.15. The van der Waals surface area contributed by atoms with Crippen LogP contribution in [0.4, 0.5) is 10.5 Å². The number of rotatable bonds is 6. The van der Waals surface area contributed by atoms with Crippen molar-refractivity contribution >= 4 is 17.7 Å². The fourth-order valence-corrected chi connectivity index (χ4v) is 2.22. The highest BCUT2D eigenvalue weighted by atomic mass is 16.4. The minimum absolute atomic E-state index is 0.0425. The lowest BCUT2D eigenvalue weighted by molar-refractivity contribution is -0.138. The zero-order valence-corrected chi connectivity index (χ0v) is 13.1. The third kappa shape index (κ3) is 5.45. The van der Waals surface area contributed by atoms with Gasteiger partial charge in [0.15, 0.2) is 0 Å². The van der Waals surface area contributed by atoms with E-state index in [1.54, 1.807) is 11.9 Å². The van der Waals surface area contributed by atoms with E-state index < -0.39 is 5.97 Å². The summed E-state index contributed by atoms with van der Waals surface area (Å²) >= 11 is 0. The minimum Gasteiger partial charge on any atom is -0.481 e. The van der Waals surface area contributed by atoms with Gasteiger partial charge in [-0.25, -0.2) is 4.79 Å². The van der Waals surface area contributed by atoms with Crippen molar-refractivity contribution in [3.05, 3.63) is 29.3 Å². The van der Waals surface area contributed by atoms with Gasteiger partial charge in [-0.15, -0.1) is 0 Å². The number of carbonyl (C=O) groups is 2. The highest BCUT2D eigenvalue weighted by Crippen LogP contribution is 2.17. The van der Waals surface area contributed by atoms with Gasteiger partial charge in [-0.3, -0.25) is 9.69 Å². The summed E-state index contributed by atoms with van der Waals surface area (Å²) in [5, 5.41) is 11.6. The smallest absolute Gasteiger partial charge is 0.321 e. The molecular formula is C16H24N2O3. The number of nitrogens with zero attached hydrogens (tertiary/aromatic N) is 1. The van der Waals surface area contributed by atoms with Gasteiger partial charge in [0.25, 0.3) is 0 Å². The summed E-state index contributed by atoms with van der Waals surface area (Å²) in [6, 6.07) is 5.72. The SMILES string of the molecule is CCC(CNC(=O)N(C)c1cc(C)cc(C)c1)CC(=O)O. The van der Waals surface area contributed by atoms with Gasteiger partial charge in [0, 0.05) is 25.7 Å². The molecule has 5 heteroatoms. The van der Waals surface area contributed by atoms with Gasteiger partial charge in [0.05, 0.1) is 0 Å². The number of carboxylic acid groups (broad SMARTS) is 1. The van der Waals surface area contributed by atoms with E-state index in [4.69, 9.17) is 5.11 Å². The van der Waals surface area contributed by atoms with Crippen LogP contribution in [0.5, 0.6) is 0 Å². The number of aliphatic carboxylic acids is 1. The average Bonchev–Trinajstić information content (AvgIpc) is 2.40. The first-order valence-electron chi connectivity index (χ1n) is 7.15. The summed E-state index contributed by atoms with van der Waals surface area (Å²) in [5.74, 6) is -0.877. The van der Waals surface area contributed by atoms with Gasteiger partial charge in [-0.2, -0.15) is 0 Å². The number of carboxylic acids is 1. The van der Waals surface area contributed by atoms with Crippen LogP contribution in [-0.4, -0.2) is 30.7 Å². The van der Waals surface area contributed by atoms with Crippen LogP contribution in [0.1, 0.15) is 30.9 Å². The summed E-state index contributed by atoms with van der Waals surface area (Å²) in [7, 11) is 1.71. The lowest BCUT2D eigenvalue weighted by atomic mass is 10.0. The molecule has 0 aliphatic rings. The Labute approximate surface area is 126 Å². The molecule has 2 amide bonds. The number of anilines is 1. The van der Waals surface area contributed by atoms with Crippen molar-refractivity contribution in [2.75, 3.05) is 18.5 Å². The quantitative estimate of drug-likeness (QED) is 0.847. The van der Waals surface area contributed by atoms with E-state index in [0.717, 1.165) is 23.2 Å². The van der Waals surface area contributed by atoms with Gasteiger partial charge >= 0.3 is 12.0 Å². The van der Waals surface area contributed by atoms with Crippen LogP contribution in [0.2, 0.25) is 0 Å². The molecule has 1 rings (SSSR count). The molecule has 1 unspecified atom stereocenters. The Kier molecular flexibility index (Phi) is 6.21. The Morgan fingerprint density at radius 1 is 1.24 bits per heavy atom. The maximum atomic E-state index is 12.1. The van der Waals surface area contributed by atoms with Crippen LogP contribution in [-0.2, 0) is 4.79 Å². The largest absolute Gasteiger partial charge is 0.481 e. The monoisotopic (exact) mass is 292 g/mol. The maximum Gasteiger partial charge on any atom is 0.321 e. The normalized spacial score (nSPS) is 11.8. The van der Waals surface area contributed by atoms with Gasteiger partial charge in [-0.05, 0) is 43.0 Å². The molecule has 1 aromatic carbocycles. The van der Waals surface area contributed by atoms with Crippen LogP contribution in [0.25, 0.3) is 0 Å². The van der Waals surface area contributed by atoms with Crippen molar-refractivity contribution < 1.29 is 14.7 Å². The molecule has 1 atom stereocenters. The molecule has 1 aromatic rings. The Morgan fingerprint density at radius 3 is 2.29 bits per heavy atom. The van der Waals surface area contributed by atoms with Gasteiger partial charge in [0.2, 0.25) is 0 Å². The number of hydrogen-bond donors (Lipinski definition) is 2. The fraction of sp³-hybridized carbons (Fsp3) is 0.500. The van der Waals surface area contributed by atoms with E-state index in [1.807, 2.05) is 32.9 Å². The highest BCUT2D eigenvalue weighted by molar-refractivity contribution is 5.91. The summed E-state index contributed by atoms with van der Waals surface area (Å²) < 4.78 is 0. The first-order chi connectivity index (χ1) is 9.83. The molecule has 0 bridgehead atoms. The first kappa shape index (κ1) is 17.0.